The molecule has 0 N–H and O–H groups in total. The summed E-state index contributed by atoms with van der Waals surface area (Å²) >= 11 is 7.02. The van der Waals surface area contributed by atoms with Gasteiger partial charge in [-0.1, -0.05) is 44.0 Å². The Kier molecular flexibility index (Phi) is 3.89. The number of benzene rings is 2. The summed E-state index contributed by atoms with van der Waals surface area (Å²) in [7, 11) is 4.09. The SMILES string of the molecule is CN(C)c1ccc(-c2cc(Br)cc(Br)c2)cc1. The summed E-state index contributed by atoms with van der Waals surface area (Å²) in [5.74, 6) is 0. The van der Waals surface area contributed by atoms with Gasteiger partial charge in [0, 0.05) is 28.7 Å². The maximum Gasteiger partial charge on any atom is 0.0361 e. The number of nitrogens with zero attached hydrogens (tertiary/aromatic N) is 1. The normalized spacial score (nSPS) is 10.4. The van der Waals surface area contributed by atoms with Gasteiger partial charge >= 0.3 is 0 Å². The minimum Gasteiger partial charge on any atom is -0.378 e. The van der Waals surface area contributed by atoms with Gasteiger partial charge in [-0.25, -0.2) is 0 Å². The molecule has 0 saturated carbocycles. The Hall–Kier alpha value is -0.800. The lowest BCUT2D eigenvalue weighted by Crippen LogP contribution is -2.07. The molecule has 2 aromatic carbocycles. The molecule has 0 unspecified atom stereocenters. The Bertz CT molecular complexity index is 498. The van der Waals surface area contributed by atoms with Gasteiger partial charge in [0.1, 0.15) is 0 Å². The number of hydrogen-bond donors (Lipinski definition) is 0. The second-order valence-corrected chi connectivity index (χ2v) is 5.93. The van der Waals surface area contributed by atoms with Crippen molar-refractivity contribution in [1.82, 2.24) is 0 Å². The molecule has 88 valence electrons. The van der Waals surface area contributed by atoms with Crippen molar-refractivity contribution in [1.29, 1.82) is 0 Å². The van der Waals surface area contributed by atoms with Gasteiger partial charge in [0.2, 0.25) is 0 Å². The summed E-state index contributed by atoms with van der Waals surface area (Å²) in [4.78, 5) is 2.10. The molecule has 0 aliphatic carbocycles. The summed E-state index contributed by atoms with van der Waals surface area (Å²) in [6.45, 7) is 0. The zero-order chi connectivity index (χ0) is 12.4. The van der Waals surface area contributed by atoms with Gasteiger partial charge in [0.15, 0.2) is 0 Å². The van der Waals surface area contributed by atoms with Crippen LogP contribution in [0.3, 0.4) is 0 Å². The molecule has 2 rings (SSSR count). The number of hydrogen-bond acceptors (Lipinski definition) is 1. The fourth-order valence-electron chi connectivity index (χ4n) is 1.67. The second kappa shape index (κ2) is 5.23. The molecule has 0 amide bonds. The molecule has 0 bridgehead atoms. The molecule has 1 nitrogen and oxygen atoms in total. The van der Waals surface area contributed by atoms with Gasteiger partial charge < -0.3 is 4.90 Å². The Morgan fingerprint density at radius 2 is 1.29 bits per heavy atom. The van der Waals surface area contributed by atoms with Crippen molar-refractivity contribution in [3.63, 3.8) is 0 Å². The average Bonchev–Trinajstić information content (AvgIpc) is 2.28. The fourth-order valence-corrected chi connectivity index (χ4v) is 2.97. The van der Waals surface area contributed by atoms with Gasteiger partial charge in [0.05, 0.1) is 0 Å². The third-order valence-corrected chi connectivity index (χ3v) is 3.50. The van der Waals surface area contributed by atoms with Crippen molar-refractivity contribution < 1.29 is 0 Å². The first-order valence-corrected chi connectivity index (χ1v) is 6.89. The van der Waals surface area contributed by atoms with E-state index >= 15 is 0 Å². The first kappa shape index (κ1) is 12.7. The zero-order valence-corrected chi connectivity index (χ0v) is 12.9. The van der Waals surface area contributed by atoms with E-state index in [1.807, 2.05) is 20.2 Å². The zero-order valence-electron chi connectivity index (χ0n) is 9.74. The minimum atomic E-state index is 1.08. The van der Waals surface area contributed by atoms with E-state index in [9.17, 15) is 0 Å². The highest BCUT2D eigenvalue weighted by molar-refractivity contribution is 9.11. The van der Waals surface area contributed by atoms with Gasteiger partial charge in [-0.05, 0) is 41.5 Å². The predicted octanol–water partition coefficient (Wildman–Crippen LogP) is 4.94. The minimum absolute atomic E-state index is 1.08. The highest BCUT2D eigenvalue weighted by Gasteiger charge is 2.02. The maximum absolute atomic E-state index is 3.51. The highest BCUT2D eigenvalue weighted by Crippen LogP contribution is 2.28. The van der Waals surface area contributed by atoms with Crippen molar-refractivity contribution in [2.45, 2.75) is 0 Å². The molecule has 0 aliphatic heterocycles. The van der Waals surface area contributed by atoms with Crippen molar-refractivity contribution in [3.8, 4) is 11.1 Å². The van der Waals surface area contributed by atoms with E-state index in [0.29, 0.717) is 0 Å². The van der Waals surface area contributed by atoms with Crippen LogP contribution in [-0.2, 0) is 0 Å². The Labute approximate surface area is 119 Å². The van der Waals surface area contributed by atoms with E-state index in [1.54, 1.807) is 0 Å². The molecule has 0 fully saturated rings. The van der Waals surface area contributed by atoms with Crippen molar-refractivity contribution in [2.24, 2.45) is 0 Å². The largest absolute Gasteiger partial charge is 0.378 e. The van der Waals surface area contributed by atoms with Gasteiger partial charge in [-0.2, -0.15) is 0 Å². The maximum atomic E-state index is 3.51. The fraction of sp³-hybridized carbons (Fsp3) is 0.143. The van der Waals surface area contributed by atoms with Crippen LogP contribution in [0, 0.1) is 0 Å². The van der Waals surface area contributed by atoms with Crippen LogP contribution in [-0.4, -0.2) is 14.1 Å². The lowest BCUT2D eigenvalue weighted by atomic mass is 10.1. The molecule has 3 heteroatoms. The standard InChI is InChI=1S/C14H13Br2N/c1-17(2)14-5-3-10(4-6-14)11-7-12(15)9-13(16)8-11/h3-9H,1-2H3. The molecule has 17 heavy (non-hydrogen) atoms. The highest BCUT2D eigenvalue weighted by atomic mass is 79.9. The topological polar surface area (TPSA) is 3.24 Å². The lowest BCUT2D eigenvalue weighted by molar-refractivity contribution is 1.13. The number of anilines is 1. The smallest absolute Gasteiger partial charge is 0.0361 e. The van der Waals surface area contributed by atoms with Crippen LogP contribution in [0.25, 0.3) is 11.1 Å². The predicted molar refractivity (Wildman–Crippen MR) is 81.6 cm³/mol. The van der Waals surface area contributed by atoms with Gasteiger partial charge in [-0.15, -0.1) is 0 Å². The van der Waals surface area contributed by atoms with Crippen LogP contribution >= 0.6 is 31.9 Å². The number of rotatable bonds is 2. The van der Waals surface area contributed by atoms with E-state index in [-0.39, 0.29) is 0 Å². The summed E-state index contributed by atoms with van der Waals surface area (Å²) < 4.78 is 2.16. The molecule has 0 aliphatic rings. The van der Waals surface area contributed by atoms with Crippen LogP contribution in [0.2, 0.25) is 0 Å². The molecule has 0 aromatic heterocycles. The van der Waals surface area contributed by atoms with Crippen LogP contribution in [0.15, 0.2) is 51.4 Å². The third kappa shape index (κ3) is 3.11. The Morgan fingerprint density at radius 3 is 1.76 bits per heavy atom. The molecule has 2 aromatic rings. The Morgan fingerprint density at radius 1 is 0.765 bits per heavy atom. The lowest BCUT2D eigenvalue weighted by Gasteiger charge is -2.13. The molecular weight excluding hydrogens is 342 g/mol. The van der Waals surface area contributed by atoms with Crippen LogP contribution in [0.1, 0.15) is 0 Å². The van der Waals surface area contributed by atoms with E-state index in [1.165, 1.54) is 16.8 Å². The summed E-state index contributed by atoms with van der Waals surface area (Å²) in [6.07, 6.45) is 0. The quantitative estimate of drug-likeness (QED) is 0.737. The first-order chi connectivity index (χ1) is 8.06. The number of halogens is 2. The van der Waals surface area contributed by atoms with Crippen LogP contribution in [0.5, 0.6) is 0 Å². The molecule has 0 saturated heterocycles. The van der Waals surface area contributed by atoms with E-state index in [4.69, 9.17) is 0 Å². The average molecular weight is 355 g/mol. The third-order valence-electron chi connectivity index (χ3n) is 2.58. The summed E-state index contributed by atoms with van der Waals surface area (Å²) in [5.41, 5.74) is 3.64. The van der Waals surface area contributed by atoms with Gasteiger partial charge in [-0.3, -0.25) is 0 Å². The molecule has 0 radical (unpaired) electrons. The molecule has 0 heterocycles. The summed E-state index contributed by atoms with van der Waals surface area (Å²) in [5, 5.41) is 0. The second-order valence-electron chi connectivity index (χ2n) is 4.10. The Balaban J connectivity index is 2.39. The van der Waals surface area contributed by atoms with Crippen molar-refractivity contribution >= 4 is 37.5 Å². The van der Waals surface area contributed by atoms with E-state index in [0.717, 1.165) is 8.95 Å². The van der Waals surface area contributed by atoms with E-state index < -0.39 is 0 Å². The summed E-state index contributed by atoms with van der Waals surface area (Å²) in [6, 6.07) is 14.8. The molecular formula is C14H13Br2N. The van der Waals surface area contributed by atoms with Crippen LogP contribution in [0.4, 0.5) is 5.69 Å². The van der Waals surface area contributed by atoms with Crippen molar-refractivity contribution in [3.05, 3.63) is 51.4 Å². The first-order valence-electron chi connectivity index (χ1n) is 5.30. The van der Waals surface area contributed by atoms with E-state index in [2.05, 4.69) is 73.2 Å². The van der Waals surface area contributed by atoms with Crippen molar-refractivity contribution in [2.75, 3.05) is 19.0 Å². The van der Waals surface area contributed by atoms with Crippen LogP contribution < -0.4 is 4.90 Å². The molecule has 0 atom stereocenters. The van der Waals surface area contributed by atoms with Gasteiger partial charge in [0.25, 0.3) is 0 Å². The monoisotopic (exact) mass is 353 g/mol. The molecule has 0 spiro atoms.